The number of ether oxygens (including phenoxy) is 2. The van der Waals surface area contributed by atoms with Crippen molar-refractivity contribution in [2.24, 2.45) is 0 Å². The molecule has 0 bridgehead atoms. The molecule has 2 aliphatic rings. The van der Waals surface area contributed by atoms with Crippen LogP contribution in [0.2, 0.25) is 0 Å². The van der Waals surface area contributed by atoms with Gasteiger partial charge in [-0.1, -0.05) is 0 Å². The number of aromatic nitrogens is 2. The Kier molecular flexibility index (Phi) is 7.21. The van der Waals surface area contributed by atoms with E-state index in [1.54, 1.807) is 25.4 Å². The van der Waals surface area contributed by atoms with Crippen LogP contribution < -0.4 is 20.1 Å². The summed E-state index contributed by atoms with van der Waals surface area (Å²) in [7, 11) is 1.60. The summed E-state index contributed by atoms with van der Waals surface area (Å²) in [5.41, 5.74) is 2.55. The summed E-state index contributed by atoms with van der Waals surface area (Å²) in [6.45, 7) is 2.14. The maximum Gasteiger partial charge on any atom is 0.251 e. The van der Waals surface area contributed by atoms with Crippen molar-refractivity contribution in [1.82, 2.24) is 20.2 Å². The number of rotatable bonds is 7. The predicted octanol–water partition coefficient (Wildman–Crippen LogP) is 1.93. The molecule has 36 heavy (non-hydrogen) atoms. The SMILES string of the molecule is COc1ccc2ncc(OCCN3CC[C@H](NC(=O)c4ccc5c(c4)NC(=O)CS5)[C@H](O)C3)nc2c1. The van der Waals surface area contributed by atoms with Crippen molar-refractivity contribution in [2.75, 3.05) is 44.4 Å². The first kappa shape index (κ1) is 24.3. The second-order valence-corrected chi connectivity index (χ2v) is 9.71. The van der Waals surface area contributed by atoms with Crippen molar-refractivity contribution in [3.05, 3.63) is 48.2 Å². The van der Waals surface area contributed by atoms with Gasteiger partial charge in [0.25, 0.3) is 5.91 Å². The summed E-state index contributed by atoms with van der Waals surface area (Å²) in [6.07, 6.45) is 1.50. The van der Waals surface area contributed by atoms with E-state index in [2.05, 4.69) is 25.5 Å². The van der Waals surface area contributed by atoms with Crippen LogP contribution in [0.15, 0.2) is 47.5 Å². The van der Waals surface area contributed by atoms with Gasteiger partial charge in [0.2, 0.25) is 11.8 Å². The molecule has 5 rings (SSSR count). The quantitative estimate of drug-likeness (QED) is 0.438. The molecule has 0 saturated carbocycles. The number of hydrogen-bond acceptors (Lipinski definition) is 9. The summed E-state index contributed by atoms with van der Waals surface area (Å²) < 4.78 is 11.0. The molecule has 2 atom stereocenters. The molecule has 1 saturated heterocycles. The molecule has 0 radical (unpaired) electrons. The van der Waals surface area contributed by atoms with E-state index < -0.39 is 6.10 Å². The minimum atomic E-state index is -0.705. The van der Waals surface area contributed by atoms with Crippen molar-refractivity contribution in [1.29, 1.82) is 0 Å². The predicted molar refractivity (Wildman–Crippen MR) is 136 cm³/mol. The Labute approximate surface area is 212 Å². The van der Waals surface area contributed by atoms with E-state index in [1.165, 1.54) is 11.8 Å². The van der Waals surface area contributed by atoms with Gasteiger partial charge in [-0.25, -0.2) is 9.97 Å². The normalized spacial score (nSPS) is 19.9. The molecular formula is C25H27N5O5S. The number of hydrogen-bond donors (Lipinski definition) is 3. The van der Waals surface area contributed by atoms with Crippen LogP contribution in [0.4, 0.5) is 5.69 Å². The molecule has 3 heterocycles. The molecule has 1 aromatic heterocycles. The average molecular weight is 510 g/mol. The summed E-state index contributed by atoms with van der Waals surface area (Å²) in [4.78, 5) is 36.3. The molecule has 2 amide bonds. The average Bonchev–Trinajstić information content (AvgIpc) is 2.89. The monoisotopic (exact) mass is 509 g/mol. The van der Waals surface area contributed by atoms with Gasteiger partial charge in [-0.15, -0.1) is 11.8 Å². The maximum absolute atomic E-state index is 12.8. The number of carbonyl (C=O) groups excluding carboxylic acids is 2. The first-order valence-corrected chi connectivity index (χ1v) is 12.7. The first-order chi connectivity index (χ1) is 17.5. The van der Waals surface area contributed by atoms with Crippen LogP contribution in [-0.4, -0.2) is 83.0 Å². The molecule has 1 fully saturated rings. The van der Waals surface area contributed by atoms with Crippen molar-refractivity contribution in [3.8, 4) is 11.6 Å². The van der Waals surface area contributed by atoms with Crippen LogP contribution in [0, 0.1) is 0 Å². The number of anilines is 1. The lowest BCUT2D eigenvalue weighted by Crippen LogP contribution is -2.54. The van der Waals surface area contributed by atoms with Crippen LogP contribution in [0.5, 0.6) is 11.6 Å². The van der Waals surface area contributed by atoms with Gasteiger partial charge in [-0.2, -0.15) is 0 Å². The number of aliphatic hydroxyl groups is 1. The molecule has 3 aromatic rings. The Bertz CT molecular complexity index is 1290. The molecule has 0 unspecified atom stereocenters. The van der Waals surface area contributed by atoms with Crippen LogP contribution >= 0.6 is 11.8 Å². The smallest absolute Gasteiger partial charge is 0.251 e. The number of fused-ring (bicyclic) bond motifs is 2. The number of nitrogens with one attached hydrogen (secondary N) is 2. The zero-order valence-electron chi connectivity index (χ0n) is 19.8. The molecule has 3 N–H and O–H groups in total. The van der Waals surface area contributed by atoms with Crippen LogP contribution in [0.3, 0.4) is 0 Å². The summed E-state index contributed by atoms with van der Waals surface area (Å²) in [6, 6.07) is 10.4. The van der Waals surface area contributed by atoms with E-state index in [9.17, 15) is 14.7 Å². The lowest BCUT2D eigenvalue weighted by molar-refractivity contribution is -0.113. The fourth-order valence-corrected chi connectivity index (χ4v) is 5.08. The van der Waals surface area contributed by atoms with Crippen LogP contribution in [0.25, 0.3) is 11.0 Å². The lowest BCUT2D eigenvalue weighted by atomic mass is 10.0. The molecule has 2 aliphatic heterocycles. The van der Waals surface area contributed by atoms with Crippen LogP contribution in [0.1, 0.15) is 16.8 Å². The van der Waals surface area contributed by atoms with E-state index in [4.69, 9.17) is 9.47 Å². The lowest BCUT2D eigenvalue weighted by Gasteiger charge is -2.36. The number of nitrogens with zero attached hydrogens (tertiary/aromatic N) is 3. The van der Waals surface area contributed by atoms with E-state index in [0.717, 1.165) is 10.4 Å². The molecule has 11 heteroatoms. The highest BCUT2D eigenvalue weighted by molar-refractivity contribution is 8.00. The highest BCUT2D eigenvalue weighted by Crippen LogP contribution is 2.32. The molecular weight excluding hydrogens is 482 g/mol. The topological polar surface area (TPSA) is 126 Å². The Morgan fingerprint density at radius 1 is 1.28 bits per heavy atom. The third kappa shape index (κ3) is 5.53. The standard InChI is InChI=1S/C25H27N5O5S/c1-34-16-3-4-17-19(11-16)28-24(12-26-17)35-9-8-30-7-6-18(21(31)13-30)29-25(33)15-2-5-22-20(10-15)27-23(32)14-36-22/h2-5,10-12,18,21,31H,6-9,13-14H2,1H3,(H,27,32)(H,29,33)/t18-,21+/m0/s1. The number of aliphatic hydroxyl groups excluding tert-OH is 1. The first-order valence-electron chi connectivity index (χ1n) is 11.7. The minimum absolute atomic E-state index is 0.0790. The Hall–Kier alpha value is -3.41. The number of likely N-dealkylation sites (tertiary alicyclic amines) is 1. The van der Waals surface area contributed by atoms with Gasteiger partial charge in [0.1, 0.15) is 12.4 Å². The third-order valence-corrected chi connectivity index (χ3v) is 7.32. The molecule has 0 aliphatic carbocycles. The molecule has 0 spiro atoms. The zero-order chi connectivity index (χ0) is 25.1. The molecule has 188 valence electrons. The molecule has 2 aromatic carbocycles. The fraction of sp³-hybridized carbons (Fsp3) is 0.360. The highest BCUT2D eigenvalue weighted by atomic mass is 32.2. The molecule has 10 nitrogen and oxygen atoms in total. The van der Waals surface area contributed by atoms with Gasteiger partial charge in [0, 0.05) is 36.2 Å². The van der Waals surface area contributed by atoms with Gasteiger partial charge < -0.3 is 25.2 Å². The van der Waals surface area contributed by atoms with Gasteiger partial charge in [-0.05, 0) is 36.8 Å². The Morgan fingerprint density at radius 2 is 2.17 bits per heavy atom. The van der Waals surface area contributed by atoms with Gasteiger partial charge in [0.15, 0.2) is 0 Å². The van der Waals surface area contributed by atoms with Gasteiger partial charge in [0.05, 0.1) is 47.9 Å². The van der Waals surface area contributed by atoms with Crippen molar-refractivity contribution < 1.29 is 24.2 Å². The van der Waals surface area contributed by atoms with E-state index in [1.807, 2.05) is 24.3 Å². The zero-order valence-corrected chi connectivity index (χ0v) is 20.6. The van der Waals surface area contributed by atoms with Crippen LogP contribution in [-0.2, 0) is 4.79 Å². The number of methoxy groups -OCH3 is 1. The Balaban J connectivity index is 1.10. The third-order valence-electron chi connectivity index (χ3n) is 6.24. The van der Waals surface area contributed by atoms with Gasteiger partial charge in [-0.3, -0.25) is 14.5 Å². The largest absolute Gasteiger partial charge is 0.497 e. The number of piperidine rings is 1. The number of thioether (sulfide) groups is 1. The maximum atomic E-state index is 12.8. The second kappa shape index (κ2) is 10.7. The second-order valence-electron chi connectivity index (χ2n) is 8.70. The summed E-state index contributed by atoms with van der Waals surface area (Å²) in [5.74, 6) is 1.16. The van der Waals surface area contributed by atoms with Crippen molar-refractivity contribution in [3.63, 3.8) is 0 Å². The minimum Gasteiger partial charge on any atom is -0.497 e. The highest BCUT2D eigenvalue weighted by Gasteiger charge is 2.29. The number of amides is 2. The summed E-state index contributed by atoms with van der Waals surface area (Å²) >= 11 is 1.45. The fourth-order valence-electron chi connectivity index (χ4n) is 4.29. The number of benzene rings is 2. The van der Waals surface area contributed by atoms with E-state index >= 15 is 0 Å². The van der Waals surface area contributed by atoms with Crippen molar-refractivity contribution in [2.45, 2.75) is 23.5 Å². The van der Waals surface area contributed by atoms with Gasteiger partial charge >= 0.3 is 0 Å². The summed E-state index contributed by atoms with van der Waals surface area (Å²) in [5, 5.41) is 16.4. The van der Waals surface area contributed by atoms with E-state index in [0.29, 0.717) is 66.8 Å². The van der Waals surface area contributed by atoms with E-state index in [-0.39, 0.29) is 17.9 Å². The number of β-amino-alcohol motifs (C(OH)–C–C–N with tert-alkyl or cyclic N) is 1. The number of carbonyl (C=O) groups is 2. The Morgan fingerprint density at radius 3 is 3.00 bits per heavy atom. The van der Waals surface area contributed by atoms with Crippen molar-refractivity contribution >= 4 is 40.3 Å².